The Kier molecular flexibility index (Phi) is 4.43. The van der Waals surface area contributed by atoms with Gasteiger partial charge in [0.05, 0.1) is 26.3 Å². The second-order valence-corrected chi connectivity index (χ2v) is 4.43. The number of rotatable bonds is 5. The summed E-state index contributed by atoms with van der Waals surface area (Å²) in [5, 5.41) is 5.80. The number of aromatic nitrogens is 3. The van der Waals surface area contributed by atoms with Gasteiger partial charge >= 0.3 is 11.9 Å². The summed E-state index contributed by atoms with van der Waals surface area (Å²) in [7, 11) is 2.88. The van der Waals surface area contributed by atoms with E-state index >= 15 is 0 Å². The van der Waals surface area contributed by atoms with Gasteiger partial charge in [-0.05, 0) is 12.1 Å². The molecule has 0 unspecified atom stereocenters. The molecule has 22 heavy (non-hydrogen) atoms. The summed E-state index contributed by atoms with van der Waals surface area (Å²) in [5.74, 6) is 0.795. The second-order valence-electron chi connectivity index (χ2n) is 4.43. The highest BCUT2D eigenvalue weighted by atomic mass is 19.4. The third-order valence-corrected chi connectivity index (χ3v) is 3.00. The number of benzene rings is 1. The highest BCUT2D eigenvalue weighted by Gasteiger charge is 2.28. The Labute approximate surface area is 123 Å². The number of ether oxygens (including phenoxy) is 2. The second kappa shape index (κ2) is 6.12. The van der Waals surface area contributed by atoms with Gasteiger partial charge in [-0.15, -0.1) is 0 Å². The number of alkyl halides is 3. The Hall–Kier alpha value is -2.45. The molecule has 0 saturated heterocycles. The van der Waals surface area contributed by atoms with Crippen molar-refractivity contribution in [2.75, 3.05) is 14.2 Å². The first-order valence-corrected chi connectivity index (χ1v) is 6.31. The fraction of sp³-hybridized carbons (Fsp3) is 0.385. The van der Waals surface area contributed by atoms with Crippen molar-refractivity contribution in [1.82, 2.24) is 14.8 Å². The Morgan fingerprint density at radius 1 is 1.23 bits per heavy atom. The summed E-state index contributed by atoms with van der Waals surface area (Å²) in [6.45, 7) is 0. The van der Waals surface area contributed by atoms with Gasteiger partial charge < -0.3 is 9.47 Å². The van der Waals surface area contributed by atoms with Gasteiger partial charge in [-0.25, -0.2) is 14.5 Å². The van der Waals surface area contributed by atoms with Crippen LogP contribution in [-0.4, -0.2) is 35.2 Å². The molecule has 1 heterocycles. The van der Waals surface area contributed by atoms with E-state index in [9.17, 15) is 18.0 Å². The first kappa shape index (κ1) is 15.9. The molecule has 0 spiro atoms. The van der Waals surface area contributed by atoms with Crippen LogP contribution in [0.25, 0.3) is 5.69 Å². The third-order valence-electron chi connectivity index (χ3n) is 3.00. The van der Waals surface area contributed by atoms with E-state index in [1.165, 1.54) is 26.4 Å². The molecule has 120 valence electrons. The molecule has 1 N–H and O–H groups in total. The molecular weight excluding hydrogens is 303 g/mol. The highest BCUT2D eigenvalue weighted by Crippen LogP contribution is 2.29. The maximum absolute atomic E-state index is 12.3. The van der Waals surface area contributed by atoms with Crippen LogP contribution in [0.5, 0.6) is 11.5 Å². The van der Waals surface area contributed by atoms with Crippen molar-refractivity contribution in [3.63, 3.8) is 0 Å². The lowest BCUT2D eigenvalue weighted by Gasteiger charge is -2.11. The van der Waals surface area contributed by atoms with Gasteiger partial charge in [0.1, 0.15) is 5.82 Å². The standard InChI is InChI=1S/C13H14F3N3O3/c1-21-9-4-3-8(7-10(9)22-2)19-11(17-18-12(19)20)5-6-13(14,15)16/h3-4,7H,5-6H2,1-2H3,(H,18,20). The maximum Gasteiger partial charge on any atom is 0.389 e. The Morgan fingerprint density at radius 2 is 1.91 bits per heavy atom. The maximum atomic E-state index is 12.3. The average molecular weight is 317 g/mol. The van der Waals surface area contributed by atoms with Gasteiger partial charge in [0, 0.05) is 12.5 Å². The van der Waals surface area contributed by atoms with Crippen molar-refractivity contribution in [3.05, 3.63) is 34.5 Å². The van der Waals surface area contributed by atoms with Crippen LogP contribution >= 0.6 is 0 Å². The molecule has 0 aliphatic rings. The quantitative estimate of drug-likeness (QED) is 0.916. The molecule has 0 atom stereocenters. The van der Waals surface area contributed by atoms with E-state index in [1.54, 1.807) is 6.07 Å². The molecule has 0 aliphatic heterocycles. The number of H-pyrrole nitrogens is 1. The summed E-state index contributed by atoms with van der Waals surface area (Å²) in [5.41, 5.74) is -0.280. The molecule has 1 aromatic carbocycles. The third kappa shape index (κ3) is 3.41. The number of aromatic amines is 1. The Morgan fingerprint density at radius 3 is 2.50 bits per heavy atom. The summed E-state index contributed by atoms with van der Waals surface area (Å²) >= 11 is 0. The van der Waals surface area contributed by atoms with Crippen molar-refractivity contribution >= 4 is 0 Å². The molecule has 2 aromatic rings. The van der Waals surface area contributed by atoms with Crippen LogP contribution in [-0.2, 0) is 6.42 Å². The van der Waals surface area contributed by atoms with Crippen LogP contribution < -0.4 is 15.2 Å². The van der Waals surface area contributed by atoms with Crippen molar-refractivity contribution < 1.29 is 22.6 Å². The van der Waals surface area contributed by atoms with Gasteiger partial charge in [0.15, 0.2) is 11.5 Å². The van der Waals surface area contributed by atoms with Crippen LogP contribution in [0.1, 0.15) is 12.2 Å². The largest absolute Gasteiger partial charge is 0.493 e. The Balaban J connectivity index is 2.40. The summed E-state index contributed by atoms with van der Waals surface area (Å²) in [6, 6.07) is 4.59. The number of hydrogen-bond donors (Lipinski definition) is 1. The molecule has 1 aromatic heterocycles. The van der Waals surface area contributed by atoms with Gasteiger partial charge in [-0.1, -0.05) is 0 Å². The summed E-state index contributed by atoms with van der Waals surface area (Å²) in [6.07, 6.45) is -5.79. The SMILES string of the molecule is COc1ccc(-n2c(CCC(F)(F)F)n[nH]c2=O)cc1OC. The van der Waals surface area contributed by atoms with Crippen molar-refractivity contribution in [3.8, 4) is 17.2 Å². The van der Waals surface area contributed by atoms with Gasteiger partial charge in [0.25, 0.3) is 0 Å². The van der Waals surface area contributed by atoms with E-state index < -0.39 is 24.7 Å². The zero-order valence-electron chi connectivity index (χ0n) is 11.9. The molecule has 9 heteroatoms. The number of aryl methyl sites for hydroxylation is 1. The Bertz CT molecular complexity index is 707. The molecule has 2 rings (SSSR count). The molecule has 0 saturated carbocycles. The molecule has 0 aliphatic carbocycles. The molecular formula is C13H14F3N3O3. The zero-order chi connectivity index (χ0) is 16.3. The normalized spacial score (nSPS) is 11.5. The summed E-state index contributed by atoms with van der Waals surface area (Å²) in [4.78, 5) is 11.8. The van der Waals surface area contributed by atoms with E-state index in [2.05, 4.69) is 10.2 Å². The molecule has 0 bridgehead atoms. The van der Waals surface area contributed by atoms with Gasteiger partial charge in [-0.2, -0.15) is 18.3 Å². The minimum atomic E-state index is -4.32. The van der Waals surface area contributed by atoms with Crippen molar-refractivity contribution in [2.24, 2.45) is 0 Å². The van der Waals surface area contributed by atoms with Crippen LogP contribution in [0.15, 0.2) is 23.0 Å². The topological polar surface area (TPSA) is 69.1 Å². The monoisotopic (exact) mass is 317 g/mol. The molecule has 0 radical (unpaired) electrons. The van der Waals surface area contributed by atoms with Crippen LogP contribution in [0.2, 0.25) is 0 Å². The van der Waals surface area contributed by atoms with Crippen LogP contribution in [0, 0.1) is 0 Å². The lowest BCUT2D eigenvalue weighted by Crippen LogP contribution is -2.18. The zero-order valence-corrected chi connectivity index (χ0v) is 11.9. The number of halogens is 3. The van der Waals surface area contributed by atoms with Crippen LogP contribution in [0.4, 0.5) is 13.2 Å². The van der Waals surface area contributed by atoms with E-state index in [0.29, 0.717) is 17.2 Å². The molecule has 6 nitrogen and oxygen atoms in total. The first-order chi connectivity index (χ1) is 10.4. The summed E-state index contributed by atoms with van der Waals surface area (Å²) < 4.78 is 48.3. The highest BCUT2D eigenvalue weighted by molar-refractivity contribution is 5.49. The van der Waals surface area contributed by atoms with Gasteiger partial charge in [0.2, 0.25) is 0 Å². The minimum Gasteiger partial charge on any atom is -0.493 e. The average Bonchev–Trinajstić information content (AvgIpc) is 2.84. The number of nitrogens with one attached hydrogen (secondary N) is 1. The van der Waals surface area contributed by atoms with Crippen molar-refractivity contribution in [2.45, 2.75) is 19.0 Å². The predicted molar refractivity (Wildman–Crippen MR) is 71.7 cm³/mol. The minimum absolute atomic E-state index is 0.00505. The van der Waals surface area contributed by atoms with E-state index in [1.807, 2.05) is 0 Å². The van der Waals surface area contributed by atoms with E-state index in [4.69, 9.17) is 9.47 Å². The van der Waals surface area contributed by atoms with E-state index in [0.717, 1.165) is 4.57 Å². The van der Waals surface area contributed by atoms with E-state index in [-0.39, 0.29) is 5.82 Å². The predicted octanol–water partition coefficient (Wildman–Crippen LogP) is 2.07. The lowest BCUT2D eigenvalue weighted by molar-refractivity contribution is -0.134. The smallest absolute Gasteiger partial charge is 0.389 e. The molecule has 0 amide bonds. The van der Waals surface area contributed by atoms with Crippen LogP contribution in [0.3, 0.4) is 0 Å². The molecule has 0 fully saturated rings. The number of methoxy groups -OCH3 is 2. The van der Waals surface area contributed by atoms with Crippen molar-refractivity contribution in [1.29, 1.82) is 0 Å². The number of hydrogen-bond acceptors (Lipinski definition) is 4. The number of nitrogens with zero attached hydrogens (tertiary/aromatic N) is 2. The fourth-order valence-electron chi connectivity index (χ4n) is 1.98. The van der Waals surface area contributed by atoms with Gasteiger partial charge in [-0.3, -0.25) is 0 Å². The lowest BCUT2D eigenvalue weighted by atomic mass is 10.2. The first-order valence-electron chi connectivity index (χ1n) is 6.31. The fourth-order valence-corrected chi connectivity index (χ4v) is 1.98.